The number of piperidine rings is 1. The maximum Gasteiger partial charge on any atom is 0.269 e. The van der Waals surface area contributed by atoms with Crippen LogP contribution in [0.5, 0.6) is 0 Å². The van der Waals surface area contributed by atoms with Gasteiger partial charge < -0.3 is 10.2 Å². The van der Waals surface area contributed by atoms with Gasteiger partial charge in [-0.2, -0.15) is 10.2 Å². The van der Waals surface area contributed by atoms with Crippen LogP contribution in [0, 0.1) is 6.92 Å². The van der Waals surface area contributed by atoms with E-state index in [0.717, 1.165) is 54.0 Å². The summed E-state index contributed by atoms with van der Waals surface area (Å²) < 4.78 is 1.75. The number of aromatic nitrogens is 5. The molecule has 4 rings (SSSR count). The van der Waals surface area contributed by atoms with Crippen LogP contribution in [-0.4, -0.2) is 61.8 Å². The molecule has 0 bridgehead atoms. The van der Waals surface area contributed by atoms with Gasteiger partial charge in [0.2, 0.25) is 0 Å². The molecule has 1 aliphatic heterocycles. The van der Waals surface area contributed by atoms with Gasteiger partial charge in [-0.1, -0.05) is 13.8 Å². The Morgan fingerprint density at radius 1 is 1.39 bits per heavy atom. The van der Waals surface area contributed by atoms with Gasteiger partial charge >= 0.3 is 0 Å². The third kappa shape index (κ3) is 3.40. The van der Waals surface area contributed by atoms with Gasteiger partial charge in [0.1, 0.15) is 12.0 Å². The Bertz CT molecular complexity index is 1000. The summed E-state index contributed by atoms with van der Waals surface area (Å²) in [6.45, 7) is 8.14. The minimum atomic E-state index is -0.0821. The van der Waals surface area contributed by atoms with Crippen molar-refractivity contribution in [3.8, 4) is 11.3 Å². The van der Waals surface area contributed by atoms with E-state index in [0.29, 0.717) is 5.69 Å². The number of nitrogens with zero attached hydrogens (tertiary/aromatic N) is 5. The minimum Gasteiger partial charge on any atom is -0.347 e. The highest BCUT2D eigenvalue weighted by atomic mass is 16.2. The van der Waals surface area contributed by atoms with Crippen LogP contribution in [0.1, 0.15) is 54.2 Å². The highest BCUT2D eigenvalue weighted by Gasteiger charge is 2.26. The van der Waals surface area contributed by atoms with E-state index < -0.39 is 0 Å². The first-order chi connectivity index (χ1) is 13.4. The number of rotatable bonds is 4. The number of H-pyrrole nitrogens is 1. The zero-order valence-electron chi connectivity index (χ0n) is 16.9. The number of aromatic amines is 1. The topological polar surface area (TPSA) is 91.2 Å². The first-order valence-electron chi connectivity index (χ1n) is 9.82. The van der Waals surface area contributed by atoms with Crippen molar-refractivity contribution in [2.45, 2.75) is 45.6 Å². The molecule has 1 aliphatic rings. The van der Waals surface area contributed by atoms with Gasteiger partial charge in [-0.25, -0.2) is 9.50 Å². The van der Waals surface area contributed by atoms with Crippen molar-refractivity contribution < 1.29 is 4.79 Å². The van der Waals surface area contributed by atoms with Crippen molar-refractivity contribution in [3.63, 3.8) is 0 Å². The lowest BCUT2D eigenvalue weighted by atomic mass is 9.96. The molecular formula is C20H27N7O. The zero-order valence-corrected chi connectivity index (χ0v) is 16.9. The van der Waals surface area contributed by atoms with Crippen molar-refractivity contribution in [3.05, 3.63) is 35.4 Å². The minimum absolute atomic E-state index is 0.0821. The SMILES string of the molecule is Cc1cc(-c2n[nH]c(C(=O)N[C@@H]3CCCN(C)C3)c2C(C)C)cn2ncnc12. The maximum atomic E-state index is 13.0. The molecule has 3 aromatic heterocycles. The predicted octanol–water partition coefficient (Wildman–Crippen LogP) is 2.38. The van der Waals surface area contributed by atoms with Crippen molar-refractivity contribution >= 4 is 11.6 Å². The van der Waals surface area contributed by atoms with Crippen molar-refractivity contribution in [1.82, 2.24) is 35.0 Å². The van der Waals surface area contributed by atoms with E-state index >= 15 is 0 Å². The second kappa shape index (κ2) is 7.35. The van der Waals surface area contributed by atoms with Gasteiger partial charge in [-0.3, -0.25) is 9.89 Å². The average molecular weight is 381 g/mol. The molecule has 2 N–H and O–H groups in total. The number of likely N-dealkylation sites (tertiary alicyclic amines) is 1. The van der Waals surface area contributed by atoms with Gasteiger partial charge in [-0.15, -0.1) is 0 Å². The highest BCUT2D eigenvalue weighted by Crippen LogP contribution is 2.31. The molecule has 1 fully saturated rings. The molecule has 1 amide bonds. The molecule has 3 aromatic rings. The number of likely N-dealkylation sites (N-methyl/N-ethyl adjacent to an activating group) is 1. The summed E-state index contributed by atoms with van der Waals surface area (Å²) in [6, 6.07) is 2.22. The fourth-order valence-electron chi connectivity index (χ4n) is 4.07. The number of pyridine rings is 1. The number of carbonyl (C=O) groups excluding carboxylic acids is 1. The molecule has 8 nitrogen and oxygen atoms in total. The normalized spacial score (nSPS) is 18.1. The number of fused-ring (bicyclic) bond motifs is 1. The fourth-order valence-corrected chi connectivity index (χ4v) is 4.07. The largest absolute Gasteiger partial charge is 0.347 e. The Hall–Kier alpha value is -2.74. The Labute approximate surface area is 164 Å². The van der Waals surface area contributed by atoms with E-state index in [4.69, 9.17) is 0 Å². The fraction of sp³-hybridized carbons (Fsp3) is 0.500. The van der Waals surface area contributed by atoms with Crippen LogP contribution in [0.3, 0.4) is 0 Å². The number of nitrogens with one attached hydrogen (secondary N) is 2. The third-order valence-corrected chi connectivity index (χ3v) is 5.40. The van der Waals surface area contributed by atoms with Crippen LogP contribution >= 0.6 is 0 Å². The number of hydrogen-bond acceptors (Lipinski definition) is 5. The molecule has 1 atom stereocenters. The van der Waals surface area contributed by atoms with Crippen LogP contribution in [0.15, 0.2) is 18.6 Å². The van der Waals surface area contributed by atoms with Crippen LogP contribution in [-0.2, 0) is 0 Å². The predicted molar refractivity (Wildman–Crippen MR) is 107 cm³/mol. The van der Waals surface area contributed by atoms with Gasteiger partial charge in [0.05, 0.1) is 5.69 Å². The molecule has 1 saturated heterocycles. The monoisotopic (exact) mass is 381 g/mol. The number of hydrogen-bond donors (Lipinski definition) is 2. The van der Waals surface area contributed by atoms with Crippen molar-refractivity contribution in [2.75, 3.05) is 20.1 Å². The molecule has 8 heteroatoms. The van der Waals surface area contributed by atoms with Gasteiger partial charge in [0.15, 0.2) is 5.65 Å². The molecule has 0 aromatic carbocycles. The van der Waals surface area contributed by atoms with E-state index in [-0.39, 0.29) is 17.9 Å². The molecule has 148 valence electrons. The van der Waals surface area contributed by atoms with Gasteiger partial charge in [0, 0.05) is 29.9 Å². The van der Waals surface area contributed by atoms with E-state index in [1.54, 1.807) is 10.8 Å². The molecule has 4 heterocycles. The van der Waals surface area contributed by atoms with Crippen molar-refractivity contribution in [1.29, 1.82) is 0 Å². The Balaban J connectivity index is 1.68. The molecule has 0 saturated carbocycles. The van der Waals surface area contributed by atoms with E-state index in [9.17, 15) is 4.79 Å². The second-order valence-electron chi connectivity index (χ2n) is 8.03. The molecule has 0 radical (unpaired) electrons. The highest BCUT2D eigenvalue weighted by molar-refractivity contribution is 5.96. The van der Waals surface area contributed by atoms with Crippen LogP contribution in [0.2, 0.25) is 0 Å². The Morgan fingerprint density at radius 2 is 2.21 bits per heavy atom. The second-order valence-corrected chi connectivity index (χ2v) is 8.03. The average Bonchev–Trinajstić information content (AvgIpc) is 3.28. The molecular weight excluding hydrogens is 354 g/mol. The van der Waals surface area contributed by atoms with E-state index in [2.05, 4.69) is 51.4 Å². The summed E-state index contributed by atoms with van der Waals surface area (Å²) in [5, 5.41) is 14.9. The molecule has 0 aliphatic carbocycles. The lowest BCUT2D eigenvalue weighted by molar-refractivity contribution is 0.0906. The van der Waals surface area contributed by atoms with E-state index in [1.165, 1.54) is 0 Å². The maximum absolute atomic E-state index is 13.0. The first kappa shape index (κ1) is 18.6. The first-order valence-corrected chi connectivity index (χ1v) is 9.82. The summed E-state index contributed by atoms with van der Waals surface area (Å²) in [5.41, 5.74) is 5.04. The van der Waals surface area contributed by atoms with Crippen LogP contribution in [0.4, 0.5) is 0 Å². The lowest BCUT2D eigenvalue weighted by Gasteiger charge is -2.30. The third-order valence-electron chi connectivity index (χ3n) is 5.40. The van der Waals surface area contributed by atoms with Crippen LogP contribution in [0.25, 0.3) is 16.9 Å². The number of amides is 1. The zero-order chi connectivity index (χ0) is 19.8. The summed E-state index contributed by atoms with van der Waals surface area (Å²) in [6.07, 6.45) is 5.56. The number of carbonyl (C=O) groups is 1. The van der Waals surface area contributed by atoms with Gasteiger partial charge in [0.25, 0.3) is 5.91 Å². The van der Waals surface area contributed by atoms with Crippen LogP contribution < -0.4 is 5.32 Å². The Kier molecular flexibility index (Phi) is 4.89. The summed E-state index contributed by atoms with van der Waals surface area (Å²) in [7, 11) is 2.09. The molecule has 0 unspecified atom stereocenters. The Morgan fingerprint density at radius 3 is 2.96 bits per heavy atom. The smallest absolute Gasteiger partial charge is 0.269 e. The van der Waals surface area contributed by atoms with Crippen molar-refractivity contribution in [2.24, 2.45) is 0 Å². The van der Waals surface area contributed by atoms with Gasteiger partial charge in [-0.05, 0) is 50.9 Å². The van der Waals surface area contributed by atoms with E-state index in [1.807, 2.05) is 19.2 Å². The summed E-state index contributed by atoms with van der Waals surface area (Å²) in [5.74, 6) is 0.0663. The standard InChI is InChI=1S/C20H27N7O/c1-12(2)16-17(14-8-13(3)19-21-11-22-27(19)9-14)24-25-18(16)20(28)23-15-6-5-7-26(4)10-15/h8-9,11-12,15H,5-7,10H2,1-4H3,(H,23,28)(H,24,25)/t15-/m1/s1. The summed E-state index contributed by atoms with van der Waals surface area (Å²) >= 11 is 0. The molecule has 28 heavy (non-hydrogen) atoms. The number of aryl methyl sites for hydroxylation is 1. The molecule has 0 spiro atoms. The summed E-state index contributed by atoms with van der Waals surface area (Å²) in [4.78, 5) is 19.5. The quantitative estimate of drug-likeness (QED) is 0.724. The lowest BCUT2D eigenvalue weighted by Crippen LogP contribution is -2.46.